The van der Waals surface area contributed by atoms with Crippen LogP contribution < -0.4 is 0 Å². The Morgan fingerprint density at radius 3 is 2.56 bits per heavy atom. The summed E-state index contributed by atoms with van der Waals surface area (Å²) >= 11 is 0. The van der Waals surface area contributed by atoms with Crippen molar-refractivity contribution in [3.63, 3.8) is 0 Å². The van der Waals surface area contributed by atoms with Gasteiger partial charge in [0.25, 0.3) is 0 Å². The maximum absolute atomic E-state index is 10.7. The molecule has 1 saturated heterocycles. The Labute approximate surface area is 53.6 Å². The van der Waals surface area contributed by atoms with E-state index in [1.807, 2.05) is 0 Å². The van der Waals surface area contributed by atoms with Gasteiger partial charge in [-0.2, -0.15) is 0 Å². The van der Waals surface area contributed by atoms with E-state index in [4.69, 9.17) is 4.74 Å². The SMILES string of the molecule is CN1CC2(CC2)OC1=O. The maximum atomic E-state index is 10.7. The Balaban J connectivity index is 2.14. The topological polar surface area (TPSA) is 29.5 Å². The Kier molecular flexibility index (Phi) is 0.693. The highest BCUT2D eigenvalue weighted by atomic mass is 16.6. The quantitative estimate of drug-likeness (QED) is 0.477. The highest BCUT2D eigenvalue weighted by molar-refractivity contribution is 5.70. The lowest BCUT2D eigenvalue weighted by Crippen LogP contribution is -2.19. The van der Waals surface area contributed by atoms with Gasteiger partial charge in [-0.1, -0.05) is 0 Å². The molecule has 0 unspecified atom stereocenters. The van der Waals surface area contributed by atoms with Crippen LogP contribution in [0.4, 0.5) is 4.79 Å². The van der Waals surface area contributed by atoms with E-state index in [0.717, 1.165) is 19.4 Å². The molecule has 0 bridgehead atoms. The molecule has 9 heavy (non-hydrogen) atoms. The lowest BCUT2D eigenvalue weighted by molar-refractivity contribution is 0.124. The summed E-state index contributed by atoms with van der Waals surface area (Å²) < 4.78 is 5.06. The molecule has 1 spiro atoms. The number of rotatable bonds is 0. The highest BCUT2D eigenvalue weighted by Gasteiger charge is 2.53. The minimum absolute atomic E-state index is 0.0359. The zero-order valence-corrected chi connectivity index (χ0v) is 5.39. The molecule has 0 radical (unpaired) electrons. The van der Waals surface area contributed by atoms with Gasteiger partial charge in [-0.05, 0) is 12.8 Å². The first kappa shape index (κ1) is 5.09. The molecular formula is C6H9NO2. The number of ether oxygens (including phenoxy) is 1. The van der Waals surface area contributed by atoms with Crippen LogP contribution in [0.25, 0.3) is 0 Å². The number of carbonyl (C=O) groups is 1. The summed E-state index contributed by atoms with van der Waals surface area (Å²) in [6.07, 6.45) is 1.96. The Morgan fingerprint density at radius 1 is 1.67 bits per heavy atom. The van der Waals surface area contributed by atoms with Gasteiger partial charge in [-0.3, -0.25) is 0 Å². The van der Waals surface area contributed by atoms with Gasteiger partial charge in [0.2, 0.25) is 0 Å². The Bertz CT molecular complexity index is 162. The van der Waals surface area contributed by atoms with E-state index in [1.165, 1.54) is 0 Å². The third-order valence-corrected chi connectivity index (χ3v) is 1.95. The number of likely N-dealkylation sites (N-methyl/N-ethyl adjacent to an activating group) is 1. The number of carbonyl (C=O) groups excluding carboxylic acids is 1. The van der Waals surface area contributed by atoms with E-state index in [-0.39, 0.29) is 11.7 Å². The molecule has 1 heterocycles. The molecule has 0 atom stereocenters. The highest BCUT2D eigenvalue weighted by Crippen LogP contribution is 2.43. The van der Waals surface area contributed by atoms with Crippen LogP contribution in [0.5, 0.6) is 0 Å². The lowest BCUT2D eigenvalue weighted by atomic mass is 10.3. The van der Waals surface area contributed by atoms with Crippen molar-refractivity contribution in [2.75, 3.05) is 13.6 Å². The fourth-order valence-electron chi connectivity index (χ4n) is 1.19. The van der Waals surface area contributed by atoms with Gasteiger partial charge in [-0.25, -0.2) is 4.79 Å². The number of hydrogen-bond donors (Lipinski definition) is 0. The number of hydrogen-bond acceptors (Lipinski definition) is 2. The molecule has 0 aromatic rings. The minimum atomic E-state index is -0.160. The van der Waals surface area contributed by atoms with Gasteiger partial charge in [0.1, 0.15) is 5.60 Å². The standard InChI is InChI=1S/C6H9NO2/c1-7-4-6(2-3-6)9-5(7)8/h2-4H2,1H3. The van der Waals surface area contributed by atoms with Crippen molar-refractivity contribution in [2.24, 2.45) is 0 Å². The van der Waals surface area contributed by atoms with Gasteiger partial charge in [0, 0.05) is 7.05 Å². The van der Waals surface area contributed by atoms with Crippen molar-refractivity contribution < 1.29 is 9.53 Å². The van der Waals surface area contributed by atoms with Crippen molar-refractivity contribution in [3.05, 3.63) is 0 Å². The maximum Gasteiger partial charge on any atom is 0.410 e. The van der Waals surface area contributed by atoms with Crippen LogP contribution in [0.3, 0.4) is 0 Å². The van der Waals surface area contributed by atoms with Gasteiger partial charge in [0.15, 0.2) is 0 Å². The van der Waals surface area contributed by atoms with Crippen molar-refractivity contribution in [1.82, 2.24) is 4.90 Å². The molecule has 1 aliphatic carbocycles. The average molecular weight is 127 g/mol. The molecule has 0 N–H and O–H groups in total. The van der Waals surface area contributed by atoms with Gasteiger partial charge in [-0.15, -0.1) is 0 Å². The third kappa shape index (κ3) is 0.605. The molecule has 0 aromatic heterocycles. The van der Waals surface area contributed by atoms with Crippen molar-refractivity contribution in [1.29, 1.82) is 0 Å². The number of amides is 1. The van der Waals surface area contributed by atoms with E-state index >= 15 is 0 Å². The van der Waals surface area contributed by atoms with Crippen LogP contribution in [0.2, 0.25) is 0 Å². The predicted molar refractivity (Wildman–Crippen MR) is 31.1 cm³/mol. The second-order valence-corrected chi connectivity index (χ2v) is 2.91. The predicted octanol–water partition coefficient (Wildman–Crippen LogP) is 0.601. The second kappa shape index (κ2) is 1.23. The molecule has 1 aliphatic heterocycles. The molecule has 2 rings (SSSR count). The van der Waals surface area contributed by atoms with Crippen LogP contribution in [-0.2, 0) is 4.74 Å². The molecule has 1 saturated carbocycles. The van der Waals surface area contributed by atoms with E-state index in [1.54, 1.807) is 11.9 Å². The van der Waals surface area contributed by atoms with Gasteiger partial charge >= 0.3 is 6.09 Å². The van der Waals surface area contributed by atoms with Crippen LogP contribution in [0, 0.1) is 0 Å². The summed E-state index contributed by atoms with van der Waals surface area (Å²) in [5.41, 5.74) is -0.0359. The Morgan fingerprint density at radius 2 is 2.33 bits per heavy atom. The summed E-state index contributed by atoms with van der Waals surface area (Å²) in [7, 11) is 1.77. The molecule has 0 aromatic carbocycles. The summed E-state index contributed by atoms with van der Waals surface area (Å²) in [6, 6.07) is 0. The first-order chi connectivity index (χ1) is 4.22. The van der Waals surface area contributed by atoms with Crippen LogP contribution in [0.15, 0.2) is 0 Å². The molecule has 3 nitrogen and oxygen atoms in total. The van der Waals surface area contributed by atoms with E-state index in [9.17, 15) is 4.79 Å². The first-order valence-electron chi connectivity index (χ1n) is 3.16. The molecule has 2 fully saturated rings. The minimum Gasteiger partial charge on any atom is -0.441 e. The zero-order chi connectivity index (χ0) is 6.48. The van der Waals surface area contributed by atoms with Gasteiger partial charge < -0.3 is 9.64 Å². The van der Waals surface area contributed by atoms with Crippen molar-refractivity contribution in [2.45, 2.75) is 18.4 Å². The van der Waals surface area contributed by atoms with Crippen molar-refractivity contribution in [3.8, 4) is 0 Å². The van der Waals surface area contributed by atoms with Crippen LogP contribution in [-0.4, -0.2) is 30.2 Å². The van der Waals surface area contributed by atoms with E-state index < -0.39 is 0 Å². The largest absolute Gasteiger partial charge is 0.441 e. The summed E-state index contributed by atoms with van der Waals surface area (Å²) in [4.78, 5) is 12.4. The molecule has 1 amide bonds. The first-order valence-corrected chi connectivity index (χ1v) is 3.16. The molecule has 3 heteroatoms. The normalized spacial score (nSPS) is 29.0. The zero-order valence-electron chi connectivity index (χ0n) is 5.39. The summed E-state index contributed by atoms with van der Waals surface area (Å²) in [6.45, 7) is 0.797. The Hall–Kier alpha value is -0.730. The summed E-state index contributed by atoms with van der Waals surface area (Å²) in [5.74, 6) is 0. The molecule has 2 aliphatic rings. The monoisotopic (exact) mass is 127 g/mol. The summed E-state index contributed by atoms with van der Waals surface area (Å²) in [5, 5.41) is 0. The van der Waals surface area contributed by atoms with Crippen LogP contribution in [0.1, 0.15) is 12.8 Å². The molecule has 50 valence electrons. The number of nitrogens with zero attached hydrogens (tertiary/aromatic N) is 1. The lowest BCUT2D eigenvalue weighted by Gasteiger charge is -2.00. The van der Waals surface area contributed by atoms with Gasteiger partial charge in [0.05, 0.1) is 6.54 Å². The van der Waals surface area contributed by atoms with Crippen molar-refractivity contribution >= 4 is 6.09 Å². The average Bonchev–Trinajstić information content (AvgIpc) is 2.42. The van der Waals surface area contributed by atoms with Crippen LogP contribution >= 0.6 is 0 Å². The fourth-order valence-corrected chi connectivity index (χ4v) is 1.19. The second-order valence-electron chi connectivity index (χ2n) is 2.91. The van der Waals surface area contributed by atoms with E-state index in [0.29, 0.717) is 0 Å². The fraction of sp³-hybridized carbons (Fsp3) is 0.833. The third-order valence-electron chi connectivity index (χ3n) is 1.95. The smallest absolute Gasteiger partial charge is 0.410 e. The molecular weight excluding hydrogens is 118 g/mol. The van der Waals surface area contributed by atoms with E-state index in [2.05, 4.69) is 0 Å².